The van der Waals surface area contributed by atoms with Gasteiger partial charge in [-0.25, -0.2) is 4.79 Å². The molecule has 2 unspecified atom stereocenters. The zero-order valence-corrected chi connectivity index (χ0v) is 13.2. The van der Waals surface area contributed by atoms with Crippen LogP contribution >= 0.6 is 0 Å². The number of carbonyl (C=O) groups excluding carboxylic acids is 1. The van der Waals surface area contributed by atoms with Crippen LogP contribution in [0.15, 0.2) is 12.2 Å². The number of hydrogen-bond acceptors (Lipinski definition) is 4. The van der Waals surface area contributed by atoms with Crippen molar-refractivity contribution in [2.24, 2.45) is 10.8 Å². The third-order valence-corrected chi connectivity index (χ3v) is 4.91. The van der Waals surface area contributed by atoms with Gasteiger partial charge in [-0.2, -0.15) is 0 Å². The van der Waals surface area contributed by atoms with E-state index < -0.39 is 28.7 Å². The molecule has 22 heavy (non-hydrogen) atoms. The SMILES string of the molecule is C=C(C)C(=O)OCCC1(C(=O)O)CCCCC1(CC)C(=O)O. The Morgan fingerprint density at radius 3 is 2.00 bits per heavy atom. The number of carboxylic acid groups (broad SMARTS) is 2. The standard InChI is InChI=1S/C16H24O6/c1-4-15(13(18)19)7-5-6-8-16(15,14(20)21)9-10-22-12(17)11(2)3/h2,4-10H2,1,3H3,(H,18,19)(H,20,21). The smallest absolute Gasteiger partial charge is 0.333 e. The topological polar surface area (TPSA) is 101 Å². The summed E-state index contributed by atoms with van der Waals surface area (Å²) < 4.78 is 5.00. The van der Waals surface area contributed by atoms with E-state index in [0.717, 1.165) is 0 Å². The van der Waals surface area contributed by atoms with Gasteiger partial charge in [-0.15, -0.1) is 0 Å². The van der Waals surface area contributed by atoms with Gasteiger partial charge >= 0.3 is 17.9 Å². The summed E-state index contributed by atoms with van der Waals surface area (Å²) in [5.74, 6) is -2.79. The lowest BCUT2D eigenvalue weighted by molar-refractivity contribution is -0.183. The van der Waals surface area contributed by atoms with Crippen LogP contribution in [0.1, 0.15) is 52.4 Å². The van der Waals surface area contributed by atoms with E-state index >= 15 is 0 Å². The first-order valence-electron chi connectivity index (χ1n) is 7.53. The summed E-state index contributed by atoms with van der Waals surface area (Å²) in [6.45, 7) is 6.55. The zero-order valence-electron chi connectivity index (χ0n) is 13.2. The predicted octanol–water partition coefficient (Wildman–Crippen LogP) is 2.62. The van der Waals surface area contributed by atoms with Crippen LogP contribution in [0, 0.1) is 10.8 Å². The highest BCUT2D eigenvalue weighted by Gasteiger charge is 2.61. The van der Waals surface area contributed by atoms with Crippen molar-refractivity contribution in [2.75, 3.05) is 6.61 Å². The molecule has 1 aliphatic rings. The van der Waals surface area contributed by atoms with Crippen molar-refractivity contribution in [3.63, 3.8) is 0 Å². The maximum Gasteiger partial charge on any atom is 0.333 e. The van der Waals surface area contributed by atoms with Gasteiger partial charge in [0.1, 0.15) is 0 Å². The molecule has 6 heteroatoms. The minimum absolute atomic E-state index is 0.00148. The molecule has 0 aromatic heterocycles. The van der Waals surface area contributed by atoms with Crippen molar-refractivity contribution in [2.45, 2.75) is 52.4 Å². The molecule has 0 bridgehead atoms. The Hall–Kier alpha value is -1.85. The van der Waals surface area contributed by atoms with Crippen molar-refractivity contribution in [3.05, 3.63) is 12.2 Å². The number of hydrogen-bond donors (Lipinski definition) is 2. The van der Waals surface area contributed by atoms with Crippen LogP contribution in [-0.4, -0.2) is 34.7 Å². The quantitative estimate of drug-likeness (QED) is 0.553. The van der Waals surface area contributed by atoms with Crippen LogP contribution in [0.5, 0.6) is 0 Å². The largest absolute Gasteiger partial charge is 0.481 e. The fourth-order valence-corrected chi connectivity index (χ4v) is 3.53. The van der Waals surface area contributed by atoms with Gasteiger partial charge in [0.05, 0.1) is 17.4 Å². The van der Waals surface area contributed by atoms with Gasteiger partial charge in [0.25, 0.3) is 0 Å². The predicted molar refractivity (Wildman–Crippen MR) is 79.3 cm³/mol. The molecular weight excluding hydrogens is 288 g/mol. The molecule has 1 saturated carbocycles. The summed E-state index contributed by atoms with van der Waals surface area (Å²) in [5.41, 5.74) is -2.48. The molecule has 0 aliphatic heterocycles. The first-order valence-corrected chi connectivity index (χ1v) is 7.53. The van der Waals surface area contributed by atoms with Crippen LogP contribution in [0.4, 0.5) is 0 Å². The average Bonchev–Trinajstić information content (AvgIpc) is 2.46. The minimum atomic E-state index is -1.40. The molecule has 2 N–H and O–H groups in total. The molecule has 1 fully saturated rings. The fourth-order valence-electron chi connectivity index (χ4n) is 3.53. The zero-order chi connectivity index (χ0) is 17.0. The lowest BCUT2D eigenvalue weighted by Gasteiger charge is -2.48. The molecule has 0 amide bonds. The van der Waals surface area contributed by atoms with Gasteiger partial charge < -0.3 is 14.9 Å². The van der Waals surface area contributed by atoms with E-state index in [1.807, 2.05) is 0 Å². The third kappa shape index (κ3) is 3.00. The molecule has 0 aromatic rings. The second-order valence-electron chi connectivity index (χ2n) is 6.00. The Balaban J connectivity index is 3.06. The Morgan fingerprint density at radius 2 is 1.59 bits per heavy atom. The van der Waals surface area contributed by atoms with Gasteiger partial charge in [0.2, 0.25) is 0 Å². The number of rotatable bonds is 7. The lowest BCUT2D eigenvalue weighted by atomic mass is 9.53. The highest BCUT2D eigenvalue weighted by molar-refractivity contribution is 5.88. The maximum absolute atomic E-state index is 11.9. The number of ether oxygens (including phenoxy) is 1. The second kappa shape index (κ2) is 6.94. The van der Waals surface area contributed by atoms with Crippen molar-refractivity contribution < 1.29 is 29.3 Å². The second-order valence-corrected chi connectivity index (χ2v) is 6.00. The van der Waals surface area contributed by atoms with E-state index in [4.69, 9.17) is 4.74 Å². The van der Waals surface area contributed by atoms with Crippen LogP contribution in [0.2, 0.25) is 0 Å². The van der Waals surface area contributed by atoms with Crippen molar-refractivity contribution in [3.8, 4) is 0 Å². The maximum atomic E-state index is 11.9. The summed E-state index contributed by atoms with van der Waals surface area (Å²) in [6, 6.07) is 0. The van der Waals surface area contributed by atoms with Gasteiger partial charge in [-0.1, -0.05) is 26.3 Å². The number of aliphatic carboxylic acids is 2. The van der Waals surface area contributed by atoms with Crippen molar-refractivity contribution >= 4 is 17.9 Å². The minimum Gasteiger partial charge on any atom is -0.481 e. The van der Waals surface area contributed by atoms with Crippen LogP contribution in [0.3, 0.4) is 0 Å². The molecule has 0 heterocycles. The molecule has 1 rings (SSSR count). The van der Waals surface area contributed by atoms with E-state index in [-0.39, 0.29) is 31.4 Å². The Morgan fingerprint density at radius 1 is 1.09 bits per heavy atom. The highest BCUT2D eigenvalue weighted by atomic mass is 16.5. The molecule has 124 valence electrons. The Labute approximate surface area is 130 Å². The molecule has 0 spiro atoms. The van der Waals surface area contributed by atoms with Crippen LogP contribution < -0.4 is 0 Å². The monoisotopic (exact) mass is 312 g/mol. The molecular formula is C16H24O6. The number of carbonyl (C=O) groups is 3. The molecule has 0 saturated heterocycles. The van der Waals surface area contributed by atoms with Crippen LogP contribution in [0.25, 0.3) is 0 Å². The van der Waals surface area contributed by atoms with E-state index in [9.17, 15) is 24.6 Å². The van der Waals surface area contributed by atoms with Gasteiger partial charge in [-0.05, 0) is 32.6 Å². The van der Waals surface area contributed by atoms with Gasteiger partial charge in [-0.3, -0.25) is 9.59 Å². The van der Waals surface area contributed by atoms with E-state index in [1.165, 1.54) is 6.92 Å². The first kappa shape index (κ1) is 18.2. The van der Waals surface area contributed by atoms with E-state index in [1.54, 1.807) is 6.92 Å². The number of esters is 1. The summed E-state index contributed by atoms with van der Waals surface area (Å²) in [7, 11) is 0. The summed E-state index contributed by atoms with van der Waals surface area (Å²) in [4.78, 5) is 35.2. The lowest BCUT2D eigenvalue weighted by Crippen LogP contribution is -2.54. The third-order valence-electron chi connectivity index (χ3n) is 4.91. The Bertz CT molecular complexity index is 483. The Kier molecular flexibility index (Phi) is 5.74. The molecule has 0 radical (unpaired) electrons. The van der Waals surface area contributed by atoms with Crippen molar-refractivity contribution in [1.82, 2.24) is 0 Å². The fraction of sp³-hybridized carbons (Fsp3) is 0.688. The molecule has 6 nitrogen and oxygen atoms in total. The van der Waals surface area contributed by atoms with Gasteiger partial charge in [0, 0.05) is 5.57 Å². The van der Waals surface area contributed by atoms with E-state index in [0.29, 0.717) is 19.3 Å². The average molecular weight is 312 g/mol. The molecule has 1 aliphatic carbocycles. The van der Waals surface area contributed by atoms with Gasteiger partial charge in [0.15, 0.2) is 0 Å². The number of carboxylic acids is 2. The van der Waals surface area contributed by atoms with E-state index in [2.05, 4.69) is 6.58 Å². The summed E-state index contributed by atoms with van der Waals surface area (Å²) in [6.07, 6.45) is 2.22. The summed E-state index contributed by atoms with van der Waals surface area (Å²) >= 11 is 0. The highest BCUT2D eigenvalue weighted by Crippen LogP contribution is 2.55. The molecule has 0 aromatic carbocycles. The first-order chi connectivity index (χ1) is 10.2. The normalized spacial score (nSPS) is 27.9. The van der Waals surface area contributed by atoms with Crippen molar-refractivity contribution in [1.29, 1.82) is 0 Å². The summed E-state index contributed by atoms with van der Waals surface area (Å²) in [5, 5.41) is 19.4. The molecule has 2 atom stereocenters. The van der Waals surface area contributed by atoms with Crippen LogP contribution in [-0.2, 0) is 19.1 Å².